The van der Waals surface area contributed by atoms with Crippen LogP contribution in [0.1, 0.15) is 6.42 Å². The molecule has 0 spiro atoms. The van der Waals surface area contributed by atoms with Gasteiger partial charge in [0.1, 0.15) is 13.0 Å². The molecule has 0 fully saturated rings. The Bertz CT molecular complexity index is 242. The summed E-state index contributed by atoms with van der Waals surface area (Å²) in [6, 6.07) is 1.69. The molecule has 0 unspecified atom stereocenters. The van der Waals surface area contributed by atoms with E-state index in [0.29, 0.717) is 0 Å². The molecule has 0 saturated carbocycles. The van der Waals surface area contributed by atoms with Crippen LogP contribution in [0.25, 0.3) is 0 Å². The van der Waals surface area contributed by atoms with Gasteiger partial charge in [-0.3, -0.25) is 4.79 Å². The van der Waals surface area contributed by atoms with E-state index in [2.05, 4.69) is 16.6 Å². The fourth-order valence-corrected chi connectivity index (χ4v) is 0.535. The molecule has 0 aliphatic carbocycles. The minimum atomic E-state index is -0.533. The van der Waals surface area contributed by atoms with Crippen molar-refractivity contribution in [2.75, 3.05) is 13.2 Å². The van der Waals surface area contributed by atoms with Crippen LogP contribution in [0.2, 0.25) is 0 Å². The van der Waals surface area contributed by atoms with Crippen LogP contribution in [0.5, 0.6) is 0 Å². The van der Waals surface area contributed by atoms with E-state index in [1.54, 1.807) is 6.07 Å². The number of ether oxygens (including phenoxy) is 1. The lowest BCUT2D eigenvalue weighted by molar-refractivity contribution is -0.138. The summed E-state index contributed by atoms with van der Waals surface area (Å²) in [7, 11) is 0. The predicted molar refractivity (Wildman–Crippen MR) is 44.4 cm³/mol. The second-order valence-corrected chi connectivity index (χ2v) is 2.06. The number of nitrogens with zero attached hydrogens (tertiary/aromatic N) is 1. The molecule has 0 aromatic heterocycles. The highest BCUT2D eigenvalue weighted by molar-refractivity contribution is 5.81. The standard InChI is InChI=1S/C8H10N2O3/c1-2-8(12)13-6-5-10-7(11)3-4-9/h2H,1,3,5-6H2,(H,10,11). The highest BCUT2D eigenvalue weighted by Gasteiger charge is 1.99. The Morgan fingerprint density at radius 1 is 1.62 bits per heavy atom. The maximum absolute atomic E-state index is 10.7. The molecule has 0 aliphatic rings. The molecule has 5 heteroatoms. The van der Waals surface area contributed by atoms with Gasteiger partial charge in [0.25, 0.3) is 0 Å². The van der Waals surface area contributed by atoms with Gasteiger partial charge >= 0.3 is 5.97 Å². The summed E-state index contributed by atoms with van der Waals surface area (Å²) >= 11 is 0. The summed E-state index contributed by atoms with van der Waals surface area (Å²) in [6.45, 7) is 3.49. The molecule has 1 amide bonds. The smallest absolute Gasteiger partial charge is 0.330 e. The normalized spacial score (nSPS) is 8.23. The summed E-state index contributed by atoms with van der Waals surface area (Å²) in [5.41, 5.74) is 0. The number of nitriles is 1. The molecular weight excluding hydrogens is 172 g/mol. The van der Waals surface area contributed by atoms with Gasteiger partial charge in [0, 0.05) is 6.08 Å². The second kappa shape index (κ2) is 6.85. The number of carbonyl (C=O) groups is 2. The maximum Gasteiger partial charge on any atom is 0.330 e. The van der Waals surface area contributed by atoms with E-state index in [9.17, 15) is 9.59 Å². The maximum atomic E-state index is 10.7. The molecule has 0 atom stereocenters. The van der Waals surface area contributed by atoms with Gasteiger partial charge in [-0.05, 0) is 0 Å². The molecular formula is C8H10N2O3. The van der Waals surface area contributed by atoms with Crippen molar-refractivity contribution in [2.24, 2.45) is 0 Å². The van der Waals surface area contributed by atoms with Crippen molar-refractivity contribution in [1.29, 1.82) is 5.26 Å². The van der Waals surface area contributed by atoms with Crippen molar-refractivity contribution in [2.45, 2.75) is 6.42 Å². The Morgan fingerprint density at radius 3 is 2.85 bits per heavy atom. The molecule has 0 radical (unpaired) electrons. The monoisotopic (exact) mass is 182 g/mol. The van der Waals surface area contributed by atoms with Crippen molar-refractivity contribution in [3.05, 3.63) is 12.7 Å². The van der Waals surface area contributed by atoms with E-state index in [1.807, 2.05) is 0 Å². The Hall–Kier alpha value is -1.83. The van der Waals surface area contributed by atoms with Crippen LogP contribution in [0, 0.1) is 11.3 Å². The molecule has 0 aromatic carbocycles. The Balaban J connectivity index is 3.36. The second-order valence-electron chi connectivity index (χ2n) is 2.06. The van der Waals surface area contributed by atoms with E-state index in [4.69, 9.17) is 5.26 Å². The summed E-state index contributed by atoms with van der Waals surface area (Å²) in [5.74, 6) is -0.910. The SMILES string of the molecule is C=CC(=O)OCCNC(=O)CC#N. The number of esters is 1. The summed E-state index contributed by atoms with van der Waals surface area (Å²) in [5, 5.41) is 10.5. The lowest BCUT2D eigenvalue weighted by atomic mass is 10.4. The van der Waals surface area contributed by atoms with Crippen molar-refractivity contribution in [3.63, 3.8) is 0 Å². The quantitative estimate of drug-likeness (QED) is 0.361. The van der Waals surface area contributed by atoms with Crippen LogP contribution >= 0.6 is 0 Å². The number of amides is 1. The van der Waals surface area contributed by atoms with E-state index < -0.39 is 5.97 Å². The average Bonchev–Trinajstić information content (AvgIpc) is 2.12. The van der Waals surface area contributed by atoms with E-state index in [-0.39, 0.29) is 25.5 Å². The largest absolute Gasteiger partial charge is 0.461 e. The fraction of sp³-hybridized carbons (Fsp3) is 0.375. The molecule has 70 valence electrons. The zero-order valence-electron chi connectivity index (χ0n) is 7.08. The van der Waals surface area contributed by atoms with Crippen LogP contribution in [0.15, 0.2) is 12.7 Å². The third kappa shape index (κ3) is 6.56. The van der Waals surface area contributed by atoms with Gasteiger partial charge in [-0.2, -0.15) is 5.26 Å². The molecule has 0 heterocycles. The third-order valence-electron chi connectivity index (χ3n) is 1.07. The van der Waals surface area contributed by atoms with Crippen LogP contribution < -0.4 is 5.32 Å². The highest BCUT2D eigenvalue weighted by Crippen LogP contribution is 1.79. The van der Waals surface area contributed by atoms with Gasteiger partial charge in [-0.25, -0.2) is 4.79 Å². The molecule has 5 nitrogen and oxygen atoms in total. The molecule has 0 rings (SSSR count). The van der Waals surface area contributed by atoms with Crippen molar-refractivity contribution in [3.8, 4) is 6.07 Å². The average molecular weight is 182 g/mol. The zero-order chi connectivity index (χ0) is 10.1. The number of nitrogens with one attached hydrogen (secondary N) is 1. The lowest BCUT2D eigenvalue weighted by Gasteiger charge is -2.02. The fourth-order valence-electron chi connectivity index (χ4n) is 0.535. The first-order chi connectivity index (χ1) is 6.20. The van der Waals surface area contributed by atoms with Gasteiger partial charge in [-0.1, -0.05) is 6.58 Å². The van der Waals surface area contributed by atoms with Gasteiger partial charge in [0.15, 0.2) is 0 Å². The van der Waals surface area contributed by atoms with Crippen LogP contribution in [-0.2, 0) is 14.3 Å². The number of rotatable bonds is 5. The van der Waals surface area contributed by atoms with Gasteiger partial charge in [-0.15, -0.1) is 0 Å². The first kappa shape index (κ1) is 11.2. The van der Waals surface area contributed by atoms with Crippen molar-refractivity contribution < 1.29 is 14.3 Å². The third-order valence-corrected chi connectivity index (χ3v) is 1.07. The molecule has 0 bridgehead atoms. The van der Waals surface area contributed by atoms with Crippen molar-refractivity contribution >= 4 is 11.9 Å². The van der Waals surface area contributed by atoms with Crippen LogP contribution in [0.4, 0.5) is 0 Å². The van der Waals surface area contributed by atoms with E-state index in [0.717, 1.165) is 6.08 Å². The van der Waals surface area contributed by atoms with E-state index in [1.165, 1.54) is 0 Å². The Morgan fingerprint density at radius 2 is 2.31 bits per heavy atom. The lowest BCUT2D eigenvalue weighted by Crippen LogP contribution is -2.27. The number of hydrogen-bond acceptors (Lipinski definition) is 4. The van der Waals surface area contributed by atoms with Crippen molar-refractivity contribution in [1.82, 2.24) is 5.32 Å². The summed E-state index contributed by atoms with van der Waals surface area (Å²) in [4.78, 5) is 21.1. The van der Waals surface area contributed by atoms with Gasteiger partial charge in [0.05, 0.1) is 12.6 Å². The summed E-state index contributed by atoms with van der Waals surface area (Å²) < 4.78 is 4.57. The molecule has 0 aliphatic heterocycles. The minimum Gasteiger partial charge on any atom is -0.461 e. The van der Waals surface area contributed by atoms with Gasteiger partial charge in [0.2, 0.25) is 5.91 Å². The van der Waals surface area contributed by atoms with Gasteiger partial charge < -0.3 is 10.1 Å². The Kier molecular flexibility index (Phi) is 5.89. The predicted octanol–water partition coefficient (Wildman–Crippen LogP) is -0.255. The first-order valence-corrected chi connectivity index (χ1v) is 3.63. The first-order valence-electron chi connectivity index (χ1n) is 3.63. The molecule has 13 heavy (non-hydrogen) atoms. The molecule has 0 saturated heterocycles. The number of carbonyl (C=O) groups excluding carboxylic acids is 2. The topological polar surface area (TPSA) is 79.2 Å². The zero-order valence-corrected chi connectivity index (χ0v) is 7.08. The number of hydrogen-bond donors (Lipinski definition) is 1. The molecule has 0 aromatic rings. The van der Waals surface area contributed by atoms with E-state index >= 15 is 0 Å². The minimum absolute atomic E-state index is 0.0853. The summed E-state index contributed by atoms with van der Waals surface area (Å²) in [6.07, 6.45) is 0.854. The van der Waals surface area contributed by atoms with Crippen LogP contribution in [-0.4, -0.2) is 25.0 Å². The molecule has 1 N–H and O–H groups in total. The Labute approximate surface area is 76.0 Å². The van der Waals surface area contributed by atoms with Crippen LogP contribution in [0.3, 0.4) is 0 Å². The highest BCUT2D eigenvalue weighted by atomic mass is 16.5.